The zero-order chi connectivity index (χ0) is 18.8. The molecule has 9 heteroatoms. The molecule has 4 rings (SSSR count). The Labute approximate surface area is 157 Å². The van der Waals surface area contributed by atoms with Gasteiger partial charge in [0.15, 0.2) is 10.9 Å². The van der Waals surface area contributed by atoms with Gasteiger partial charge in [0.1, 0.15) is 5.82 Å². The third-order valence-electron chi connectivity index (χ3n) is 4.08. The maximum atomic E-state index is 13.0. The highest BCUT2D eigenvalue weighted by Gasteiger charge is 2.25. The van der Waals surface area contributed by atoms with E-state index in [2.05, 4.69) is 15.6 Å². The van der Waals surface area contributed by atoms with Crippen LogP contribution in [0.1, 0.15) is 21.1 Å². The van der Waals surface area contributed by atoms with Crippen LogP contribution in [0, 0.1) is 5.82 Å². The molecule has 27 heavy (non-hydrogen) atoms. The first kappa shape index (κ1) is 17.2. The molecule has 2 N–H and O–H groups in total. The molecule has 2 aromatic heterocycles. The second-order valence-corrected chi connectivity index (χ2v) is 7.01. The van der Waals surface area contributed by atoms with Crippen LogP contribution >= 0.6 is 11.3 Å². The highest BCUT2D eigenvalue weighted by Crippen LogP contribution is 2.29. The molecule has 0 radical (unpaired) electrons. The number of carbonyl (C=O) groups is 2. The molecule has 1 aliphatic heterocycles. The second kappa shape index (κ2) is 7.20. The molecule has 0 saturated heterocycles. The van der Waals surface area contributed by atoms with E-state index in [-0.39, 0.29) is 23.5 Å². The standard InChI is InChI=1S/C18H15FN4O3S/c19-11-3-5-12(6-4-11)20-18(25)23-8-7-13-15(10-23)27-17(21-13)22-16(24)14-2-1-9-26-14/h1-6,9H,7-8,10H2,(H,20,25)(H,21,22,24). The number of urea groups is 1. The van der Waals surface area contributed by atoms with Gasteiger partial charge in [-0.2, -0.15) is 0 Å². The maximum Gasteiger partial charge on any atom is 0.322 e. The minimum atomic E-state index is -0.364. The fourth-order valence-electron chi connectivity index (χ4n) is 2.72. The molecule has 7 nitrogen and oxygen atoms in total. The third-order valence-corrected chi connectivity index (χ3v) is 5.08. The van der Waals surface area contributed by atoms with Gasteiger partial charge >= 0.3 is 6.03 Å². The van der Waals surface area contributed by atoms with Crippen LogP contribution in [0.25, 0.3) is 0 Å². The van der Waals surface area contributed by atoms with Crippen LogP contribution in [-0.2, 0) is 13.0 Å². The highest BCUT2D eigenvalue weighted by atomic mass is 32.1. The number of fused-ring (bicyclic) bond motifs is 1. The predicted octanol–water partition coefficient (Wildman–Crippen LogP) is 3.72. The predicted molar refractivity (Wildman–Crippen MR) is 98.3 cm³/mol. The number of halogens is 1. The normalized spacial score (nSPS) is 13.1. The molecule has 1 aromatic carbocycles. The van der Waals surface area contributed by atoms with E-state index < -0.39 is 0 Å². The molecule has 138 valence electrons. The van der Waals surface area contributed by atoms with Crippen molar-refractivity contribution in [2.75, 3.05) is 17.2 Å². The van der Waals surface area contributed by atoms with Crippen LogP contribution in [0.3, 0.4) is 0 Å². The summed E-state index contributed by atoms with van der Waals surface area (Å²) in [5, 5.41) is 5.93. The fraction of sp³-hybridized carbons (Fsp3) is 0.167. The van der Waals surface area contributed by atoms with Gasteiger partial charge in [-0.05, 0) is 36.4 Å². The molecule has 0 unspecified atom stereocenters. The lowest BCUT2D eigenvalue weighted by molar-refractivity contribution is 0.0996. The van der Waals surface area contributed by atoms with E-state index in [9.17, 15) is 14.0 Å². The average Bonchev–Trinajstić information content (AvgIpc) is 3.32. The van der Waals surface area contributed by atoms with E-state index in [1.54, 1.807) is 17.0 Å². The monoisotopic (exact) mass is 386 g/mol. The lowest BCUT2D eigenvalue weighted by Gasteiger charge is -2.26. The molecular weight excluding hydrogens is 371 g/mol. The van der Waals surface area contributed by atoms with Crippen molar-refractivity contribution >= 4 is 34.1 Å². The molecule has 0 aliphatic carbocycles. The van der Waals surface area contributed by atoms with Crippen molar-refractivity contribution in [1.29, 1.82) is 0 Å². The third kappa shape index (κ3) is 3.82. The number of anilines is 2. The molecule has 1 aliphatic rings. The van der Waals surface area contributed by atoms with E-state index in [1.807, 2.05) is 0 Å². The minimum absolute atomic E-state index is 0.212. The number of hydrogen-bond acceptors (Lipinski definition) is 5. The van der Waals surface area contributed by atoms with Gasteiger partial charge in [-0.1, -0.05) is 11.3 Å². The van der Waals surface area contributed by atoms with Crippen molar-refractivity contribution in [2.24, 2.45) is 0 Å². The van der Waals surface area contributed by atoms with Gasteiger partial charge in [0.2, 0.25) is 0 Å². The SMILES string of the molecule is O=C(Nc1nc2c(s1)CN(C(=O)Nc1ccc(F)cc1)CC2)c1ccco1. The Hall–Kier alpha value is -3.20. The number of amides is 3. The topological polar surface area (TPSA) is 87.5 Å². The van der Waals surface area contributed by atoms with Gasteiger partial charge < -0.3 is 14.6 Å². The van der Waals surface area contributed by atoms with Crippen LogP contribution in [0.15, 0.2) is 47.1 Å². The largest absolute Gasteiger partial charge is 0.459 e. The van der Waals surface area contributed by atoms with E-state index in [1.165, 1.54) is 41.9 Å². The Kier molecular flexibility index (Phi) is 4.59. The summed E-state index contributed by atoms with van der Waals surface area (Å²) in [5.41, 5.74) is 1.41. The molecule has 0 atom stereocenters. The number of benzene rings is 1. The summed E-state index contributed by atoms with van der Waals surface area (Å²) in [4.78, 5) is 31.5. The number of rotatable bonds is 3. The van der Waals surface area contributed by atoms with Crippen molar-refractivity contribution in [3.8, 4) is 0 Å². The summed E-state index contributed by atoms with van der Waals surface area (Å²) in [6.07, 6.45) is 2.03. The van der Waals surface area contributed by atoms with Gasteiger partial charge in [0.05, 0.1) is 18.5 Å². The van der Waals surface area contributed by atoms with Gasteiger partial charge in [0.25, 0.3) is 5.91 Å². The van der Waals surface area contributed by atoms with E-state index in [0.29, 0.717) is 30.3 Å². The molecule has 0 fully saturated rings. The highest BCUT2D eigenvalue weighted by molar-refractivity contribution is 7.15. The van der Waals surface area contributed by atoms with Crippen LogP contribution in [0.2, 0.25) is 0 Å². The number of thiazole rings is 1. The van der Waals surface area contributed by atoms with Crippen LogP contribution in [0.4, 0.5) is 20.0 Å². The lowest BCUT2D eigenvalue weighted by Crippen LogP contribution is -2.38. The minimum Gasteiger partial charge on any atom is -0.459 e. The van der Waals surface area contributed by atoms with Crippen LogP contribution in [-0.4, -0.2) is 28.4 Å². The summed E-state index contributed by atoms with van der Waals surface area (Å²) < 4.78 is 18.0. The van der Waals surface area contributed by atoms with Crippen molar-refractivity contribution < 1.29 is 18.4 Å². The Morgan fingerprint density at radius 3 is 2.74 bits per heavy atom. The number of nitrogens with zero attached hydrogens (tertiary/aromatic N) is 2. The lowest BCUT2D eigenvalue weighted by atomic mass is 10.2. The Morgan fingerprint density at radius 1 is 1.19 bits per heavy atom. The van der Waals surface area contributed by atoms with Gasteiger partial charge in [-0.15, -0.1) is 0 Å². The number of furan rings is 1. The summed E-state index contributed by atoms with van der Waals surface area (Å²) in [7, 11) is 0. The van der Waals surface area contributed by atoms with Crippen molar-refractivity contribution in [3.63, 3.8) is 0 Å². The van der Waals surface area contributed by atoms with Crippen LogP contribution in [0.5, 0.6) is 0 Å². The maximum absolute atomic E-state index is 13.0. The number of aromatic nitrogens is 1. The molecule has 3 aromatic rings. The molecular formula is C18H15FN4O3S. The zero-order valence-corrected chi connectivity index (χ0v) is 14.9. The van der Waals surface area contributed by atoms with Crippen molar-refractivity contribution in [1.82, 2.24) is 9.88 Å². The van der Waals surface area contributed by atoms with Crippen molar-refractivity contribution in [2.45, 2.75) is 13.0 Å². The first-order valence-corrected chi connectivity index (χ1v) is 9.05. The smallest absolute Gasteiger partial charge is 0.322 e. The van der Waals surface area contributed by atoms with Crippen LogP contribution < -0.4 is 10.6 Å². The van der Waals surface area contributed by atoms with Gasteiger partial charge in [-0.3, -0.25) is 10.1 Å². The number of hydrogen-bond donors (Lipinski definition) is 2. The quantitative estimate of drug-likeness (QED) is 0.718. The summed E-state index contributed by atoms with van der Waals surface area (Å²) in [6.45, 7) is 0.909. The summed E-state index contributed by atoms with van der Waals surface area (Å²) >= 11 is 1.33. The average molecular weight is 386 g/mol. The van der Waals surface area contributed by atoms with Crippen molar-refractivity contribution in [3.05, 3.63) is 64.8 Å². The van der Waals surface area contributed by atoms with E-state index in [4.69, 9.17) is 4.42 Å². The first-order valence-electron chi connectivity index (χ1n) is 8.23. The Bertz CT molecular complexity index is 969. The summed E-state index contributed by atoms with van der Waals surface area (Å²) in [6, 6.07) is 8.56. The molecule has 0 bridgehead atoms. The molecule has 0 spiro atoms. The van der Waals surface area contributed by atoms with Gasteiger partial charge in [-0.25, -0.2) is 14.2 Å². The van der Waals surface area contributed by atoms with E-state index >= 15 is 0 Å². The zero-order valence-electron chi connectivity index (χ0n) is 14.1. The molecule has 0 saturated carbocycles. The molecule has 3 heterocycles. The molecule has 3 amide bonds. The number of nitrogens with one attached hydrogen (secondary N) is 2. The fourth-order valence-corrected chi connectivity index (χ4v) is 3.74. The van der Waals surface area contributed by atoms with E-state index in [0.717, 1.165) is 10.6 Å². The van der Waals surface area contributed by atoms with Gasteiger partial charge in [0, 0.05) is 23.5 Å². The number of carbonyl (C=O) groups excluding carboxylic acids is 2. The Balaban J connectivity index is 1.40. The summed E-state index contributed by atoms with van der Waals surface area (Å²) in [5.74, 6) is -0.509. The second-order valence-electron chi connectivity index (χ2n) is 5.93. The first-order chi connectivity index (χ1) is 13.1. The Morgan fingerprint density at radius 2 is 2.00 bits per heavy atom.